The minimum Gasteiger partial charge on any atom is -0.477 e. The number of H-pyrrole nitrogens is 1. The topological polar surface area (TPSA) is 99.3 Å². The second-order valence-corrected chi connectivity index (χ2v) is 6.48. The summed E-state index contributed by atoms with van der Waals surface area (Å²) in [6.07, 6.45) is 0.827. The van der Waals surface area contributed by atoms with Gasteiger partial charge in [0.15, 0.2) is 0 Å². The molecule has 0 amide bonds. The number of carbonyl (C=O) groups is 1. The maximum absolute atomic E-state index is 12.2. The number of sulfonamides is 1. The van der Waals surface area contributed by atoms with Gasteiger partial charge in [-0.2, -0.15) is 0 Å². The molecule has 1 heterocycles. The smallest absolute Gasteiger partial charge is 0.352 e. The van der Waals surface area contributed by atoms with Gasteiger partial charge in [-0.3, -0.25) is 0 Å². The SMILES string of the molecule is Cc1[nH]c(C(=O)O)c(C)c1S(=O)(=O)NC1CC1C. The summed E-state index contributed by atoms with van der Waals surface area (Å²) < 4.78 is 27.0. The highest BCUT2D eigenvalue weighted by molar-refractivity contribution is 7.89. The maximum atomic E-state index is 12.2. The van der Waals surface area contributed by atoms with Crippen molar-refractivity contribution in [3.05, 3.63) is 17.0 Å². The zero-order valence-corrected chi connectivity index (χ0v) is 11.3. The van der Waals surface area contributed by atoms with E-state index in [0.717, 1.165) is 6.42 Å². The molecule has 0 radical (unpaired) electrons. The fourth-order valence-electron chi connectivity index (χ4n) is 2.09. The fourth-order valence-corrected chi connectivity index (χ4v) is 3.90. The summed E-state index contributed by atoms with van der Waals surface area (Å²) in [6.45, 7) is 5.02. The van der Waals surface area contributed by atoms with E-state index in [2.05, 4.69) is 9.71 Å². The molecule has 1 aliphatic rings. The van der Waals surface area contributed by atoms with Crippen LogP contribution in [0.2, 0.25) is 0 Å². The van der Waals surface area contributed by atoms with Crippen molar-refractivity contribution >= 4 is 16.0 Å². The van der Waals surface area contributed by atoms with E-state index in [1.807, 2.05) is 6.92 Å². The summed E-state index contributed by atoms with van der Waals surface area (Å²) >= 11 is 0. The second-order valence-electron chi connectivity index (χ2n) is 4.83. The van der Waals surface area contributed by atoms with Crippen LogP contribution in [0.5, 0.6) is 0 Å². The van der Waals surface area contributed by atoms with Crippen molar-refractivity contribution in [1.82, 2.24) is 9.71 Å². The van der Waals surface area contributed by atoms with Crippen LogP contribution < -0.4 is 4.72 Å². The van der Waals surface area contributed by atoms with Crippen LogP contribution in [0.15, 0.2) is 4.90 Å². The molecule has 1 aromatic rings. The number of hydrogen-bond donors (Lipinski definition) is 3. The average molecular weight is 272 g/mol. The lowest BCUT2D eigenvalue weighted by Gasteiger charge is -2.06. The van der Waals surface area contributed by atoms with Gasteiger partial charge >= 0.3 is 5.97 Å². The first-order valence-corrected chi connectivity index (χ1v) is 7.17. The van der Waals surface area contributed by atoms with Gasteiger partial charge in [-0.15, -0.1) is 0 Å². The predicted octanol–water partition coefficient (Wildman–Crippen LogP) is 1.02. The molecule has 1 aliphatic carbocycles. The van der Waals surface area contributed by atoms with Crippen LogP contribution in [0.25, 0.3) is 0 Å². The van der Waals surface area contributed by atoms with Crippen molar-refractivity contribution in [2.24, 2.45) is 5.92 Å². The van der Waals surface area contributed by atoms with Crippen LogP contribution in [0.3, 0.4) is 0 Å². The molecule has 2 rings (SSSR count). The lowest BCUT2D eigenvalue weighted by atomic mass is 10.2. The summed E-state index contributed by atoms with van der Waals surface area (Å²) in [5.41, 5.74) is 0.531. The molecule has 0 aromatic carbocycles. The van der Waals surface area contributed by atoms with Crippen molar-refractivity contribution in [3.8, 4) is 0 Å². The van der Waals surface area contributed by atoms with Crippen LogP contribution in [0.4, 0.5) is 0 Å². The summed E-state index contributed by atoms with van der Waals surface area (Å²) in [6, 6.07) is -0.0306. The van der Waals surface area contributed by atoms with Gasteiger partial charge in [0.05, 0.1) is 0 Å². The van der Waals surface area contributed by atoms with Crippen molar-refractivity contribution in [1.29, 1.82) is 0 Å². The minimum absolute atomic E-state index is 0.0306. The molecule has 0 bridgehead atoms. The van der Waals surface area contributed by atoms with Crippen LogP contribution in [-0.4, -0.2) is 30.5 Å². The van der Waals surface area contributed by atoms with Gasteiger partial charge in [0.1, 0.15) is 10.6 Å². The van der Waals surface area contributed by atoms with Crippen LogP contribution in [-0.2, 0) is 10.0 Å². The van der Waals surface area contributed by atoms with E-state index in [4.69, 9.17) is 5.11 Å². The first-order chi connectivity index (χ1) is 8.24. The van der Waals surface area contributed by atoms with Gasteiger partial charge < -0.3 is 10.1 Å². The summed E-state index contributed by atoms with van der Waals surface area (Å²) in [5, 5.41) is 8.96. The molecular formula is C11H16N2O4S. The summed E-state index contributed by atoms with van der Waals surface area (Å²) in [5.74, 6) is -0.810. The van der Waals surface area contributed by atoms with E-state index in [1.54, 1.807) is 6.92 Å². The zero-order valence-electron chi connectivity index (χ0n) is 10.4. The van der Waals surface area contributed by atoms with Gasteiger partial charge in [-0.25, -0.2) is 17.9 Å². The molecule has 100 valence electrons. The molecule has 1 aromatic heterocycles. The third-order valence-corrected chi connectivity index (χ3v) is 5.03. The third kappa shape index (κ3) is 2.15. The Labute approximate surface area is 105 Å². The number of rotatable bonds is 4. The van der Waals surface area contributed by atoms with Crippen molar-refractivity contribution in [2.75, 3.05) is 0 Å². The molecule has 0 spiro atoms. The molecular weight excluding hydrogens is 256 g/mol. The highest BCUT2D eigenvalue weighted by Gasteiger charge is 2.38. The number of carboxylic acid groups (broad SMARTS) is 1. The highest BCUT2D eigenvalue weighted by atomic mass is 32.2. The molecule has 18 heavy (non-hydrogen) atoms. The molecule has 0 saturated heterocycles. The molecule has 2 atom stereocenters. The average Bonchev–Trinajstić information content (AvgIpc) is 2.77. The van der Waals surface area contributed by atoms with Gasteiger partial charge in [0.2, 0.25) is 10.0 Å². The third-order valence-electron chi connectivity index (χ3n) is 3.27. The van der Waals surface area contributed by atoms with E-state index in [1.165, 1.54) is 6.92 Å². The first kappa shape index (κ1) is 13.1. The quantitative estimate of drug-likeness (QED) is 0.761. The number of hydrogen-bond acceptors (Lipinski definition) is 3. The molecule has 7 heteroatoms. The van der Waals surface area contributed by atoms with Crippen molar-refractivity contribution in [3.63, 3.8) is 0 Å². The lowest BCUT2D eigenvalue weighted by Crippen LogP contribution is -2.27. The Hall–Kier alpha value is -1.34. The van der Waals surface area contributed by atoms with Gasteiger partial charge in [-0.1, -0.05) is 6.92 Å². The Morgan fingerprint density at radius 2 is 2.00 bits per heavy atom. The fraction of sp³-hybridized carbons (Fsp3) is 0.545. The number of aryl methyl sites for hydroxylation is 1. The Morgan fingerprint density at radius 1 is 1.44 bits per heavy atom. The normalized spacial score (nSPS) is 23.1. The Morgan fingerprint density at radius 3 is 2.39 bits per heavy atom. The molecule has 1 fully saturated rings. The van der Waals surface area contributed by atoms with Crippen molar-refractivity contribution in [2.45, 2.75) is 38.1 Å². The zero-order chi connectivity index (χ0) is 13.7. The van der Waals surface area contributed by atoms with E-state index < -0.39 is 16.0 Å². The number of aromatic carboxylic acids is 1. The lowest BCUT2D eigenvalue weighted by molar-refractivity contribution is 0.0690. The Kier molecular flexibility index (Phi) is 2.98. The van der Waals surface area contributed by atoms with E-state index in [9.17, 15) is 13.2 Å². The number of aromatic amines is 1. The van der Waals surface area contributed by atoms with E-state index in [0.29, 0.717) is 11.6 Å². The summed E-state index contributed by atoms with van der Waals surface area (Å²) in [4.78, 5) is 13.6. The van der Waals surface area contributed by atoms with Crippen LogP contribution in [0.1, 0.15) is 35.1 Å². The monoisotopic (exact) mass is 272 g/mol. The predicted molar refractivity (Wildman–Crippen MR) is 65.1 cm³/mol. The first-order valence-electron chi connectivity index (χ1n) is 5.69. The van der Waals surface area contributed by atoms with Gasteiger partial charge in [0, 0.05) is 17.3 Å². The van der Waals surface area contributed by atoms with E-state index in [-0.39, 0.29) is 22.2 Å². The van der Waals surface area contributed by atoms with E-state index >= 15 is 0 Å². The maximum Gasteiger partial charge on any atom is 0.352 e. The van der Waals surface area contributed by atoms with Gasteiger partial charge in [-0.05, 0) is 26.2 Å². The standard InChI is InChI=1S/C11H16N2O4S/c1-5-4-8(5)13-18(16,17)10-6(2)9(11(14)15)12-7(10)3/h5,8,12-13H,4H2,1-3H3,(H,14,15). The molecule has 1 saturated carbocycles. The Bertz CT molecular complexity index is 603. The van der Waals surface area contributed by atoms with Crippen LogP contribution >= 0.6 is 0 Å². The molecule has 0 aliphatic heterocycles. The molecule has 6 nitrogen and oxygen atoms in total. The van der Waals surface area contributed by atoms with Gasteiger partial charge in [0.25, 0.3) is 0 Å². The summed E-state index contributed by atoms with van der Waals surface area (Å²) in [7, 11) is -3.65. The second kappa shape index (κ2) is 4.10. The highest BCUT2D eigenvalue weighted by Crippen LogP contribution is 2.32. The largest absolute Gasteiger partial charge is 0.477 e. The minimum atomic E-state index is -3.65. The number of carboxylic acids is 1. The van der Waals surface area contributed by atoms with Crippen molar-refractivity contribution < 1.29 is 18.3 Å². The molecule has 3 N–H and O–H groups in total. The molecule has 2 unspecified atom stereocenters. The number of nitrogens with one attached hydrogen (secondary N) is 2. The number of aromatic nitrogens is 1. The Balaban J connectivity index is 2.41. The van der Waals surface area contributed by atoms with Crippen LogP contribution in [0, 0.1) is 19.8 Å².